The number of hydrogen-bond acceptors (Lipinski definition) is 11. The van der Waals surface area contributed by atoms with Gasteiger partial charge in [0.15, 0.2) is 18.2 Å². The summed E-state index contributed by atoms with van der Waals surface area (Å²) in [6.45, 7) is 3.34. The average Bonchev–Trinajstić information content (AvgIpc) is 3.31. The van der Waals surface area contributed by atoms with Crippen LogP contribution in [-0.4, -0.2) is 99.5 Å². The van der Waals surface area contributed by atoms with Gasteiger partial charge in [0.25, 0.3) is 0 Å². The highest BCUT2D eigenvalue weighted by Gasteiger charge is 2.70. The van der Waals surface area contributed by atoms with Gasteiger partial charge in [-0.2, -0.15) is 0 Å². The van der Waals surface area contributed by atoms with Crippen molar-refractivity contribution in [2.24, 2.45) is 28.6 Å². The molecule has 0 spiro atoms. The minimum atomic E-state index is -1.81. The number of rotatable bonds is 8. The van der Waals surface area contributed by atoms with Crippen molar-refractivity contribution in [2.75, 3.05) is 13.7 Å². The Balaban J connectivity index is 1.30. The number of benzene rings is 1. The minimum Gasteiger partial charge on any atom is -0.467 e. The lowest BCUT2D eigenvalue weighted by atomic mass is 9.46. The highest BCUT2D eigenvalue weighted by Crippen LogP contribution is 2.67. The first-order valence-corrected chi connectivity index (χ1v) is 16.2. The summed E-state index contributed by atoms with van der Waals surface area (Å²) in [6.07, 6.45) is -1.97. The second kappa shape index (κ2) is 12.5. The molecule has 0 aromatic heterocycles. The summed E-state index contributed by atoms with van der Waals surface area (Å²) in [5.74, 6) is -1.16. The molecule has 5 aliphatic rings. The van der Waals surface area contributed by atoms with Gasteiger partial charge in [0.1, 0.15) is 30.0 Å². The normalized spacial score (nSPS) is 44.0. The van der Waals surface area contributed by atoms with Gasteiger partial charge in [-0.3, -0.25) is 4.79 Å². The van der Waals surface area contributed by atoms with Crippen LogP contribution in [0.2, 0.25) is 0 Å². The van der Waals surface area contributed by atoms with Gasteiger partial charge in [0, 0.05) is 16.7 Å². The van der Waals surface area contributed by atoms with Crippen molar-refractivity contribution in [3.63, 3.8) is 0 Å². The maximum Gasteiger partial charge on any atom is 0.338 e. The second-order valence-electron chi connectivity index (χ2n) is 14.2. The van der Waals surface area contributed by atoms with Crippen LogP contribution in [-0.2, 0) is 35.1 Å². The Morgan fingerprint density at radius 3 is 2.54 bits per heavy atom. The number of aliphatic hydroxyl groups excluding tert-OH is 4. The number of carbonyl (C=O) groups is 2. The number of ether oxygens (including phenoxy) is 4. The fraction of sp³-hybridized carbons (Fsp3) is 0.657. The van der Waals surface area contributed by atoms with Crippen molar-refractivity contribution >= 4 is 11.8 Å². The monoisotopic (exact) mass is 642 g/mol. The molecule has 46 heavy (non-hydrogen) atoms. The summed E-state index contributed by atoms with van der Waals surface area (Å²) in [5.41, 5.74) is -1.49. The summed E-state index contributed by atoms with van der Waals surface area (Å²) in [4.78, 5) is 25.7. The van der Waals surface area contributed by atoms with Gasteiger partial charge in [-0.1, -0.05) is 55.8 Å². The molecule has 4 fully saturated rings. The molecule has 0 unspecified atom stereocenters. The molecule has 5 N–H and O–H groups in total. The highest BCUT2D eigenvalue weighted by atomic mass is 16.7. The summed E-state index contributed by atoms with van der Waals surface area (Å²) in [7, 11) is 1.19. The number of fused-ring (bicyclic) bond motifs is 5. The summed E-state index contributed by atoms with van der Waals surface area (Å²) in [6, 6.07) is 9.15. The molecular formula is C35H46O11. The molecule has 0 bridgehead atoms. The largest absolute Gasteiger partial charge is 0.467 e. The molecule has 1 aromatic rings. The Morgan fingerprint density at radius 1 is 1.11 bits per heavy atom. The van der Waals surface area contributed by atoms with Crippen LogP contribution in [0.4, 0.5) is 0 Å². The standard InChI is InChI=1S/C35H46O11/c1-33-13-11-21(37)15-20(33)9-10-22-23-12-14-35(42,34(23,2)16-24(38)26(22)33)30(31(41)43-3)46-32-29(28(40)27(39)25(17-36)45-32)44-18-19-7-5-4-6-8-19/h4-8,11,13,15,22-30,32,36,38-40,42H,9-10,12,14,16-18H2,1-3H3/t22-,23-,24-,25+,26+,27+,28-,29+,30-,32+,33-,34-,35-/m0/s1. The lowest BCUT2D eigenvalue weighted by Gasteiger charge is -2.60. The first-order chi connectivity index (χ1) is 21.9. The quantitative estimate of drug-likeness (QED) is 0.261. The minimum absolute atomic E-state index is 0.00435. The van der Waals surface area contributed by atoms with Crippen molar-refractivity contribution in [3.05, 3.63) is 59.7 Å². The van der Waals surface area contributed by atoms with E-state index in [9.17, 15) is 35.1 Å². The maximum absolute atomic E-state index is 13.5. The van der Waals surface area contributed by atoms with E-state index in [1.807, 2.05) is 43.3 Å². The van der Waals surface area contributed by atoms with Crippen molar-refractivity contribution in [3.8, 4) is 0 Å². The third-order valence-electron chi connectivity index (χ3n) is 11.9. The van der Waals surface area contributed by atoms with Crippen LogP contribution in [0.1, 0.15) is 51.5 Å². The molecular weight excluding hydrogens is 596 g/mol. The molecule has 1 saturated heterocycles. The van der Waals surface area contributed by atoms with Crippen molar-refractivity contribution in [1.82, 2.24) is 0 Å². The third-order valence-corrected chi connectivity index (χ3v) is 11.9. The smallest absolute Gasteiger partial charge is 0.338 e. The number of ketones is 1. The first kappa shape index (κ1) is 33.4. The van der Waals surface area contributed by atoms with Crippen LogP contribution in [0.25, 0.3) is 0 Å². The van der Waals surface area contributed by atoms with Gasteiger partial charge in [0.2, 0.25) is 0 Å². The molecule has 0 radical (unpaired) electrons. The van der Waals surface area contributed by atoms with E-state index in [4.69, 9.17) is 18.9 Å². The molecule has 11 heteroatoms. The third kappa shape index (κ3) is 5.29. The summed E-state index contributed by atoms with van der Waals surface area (Å²) in [5, 5.41) is 56.1. The molecule has 13 atom stereocenters. The van der Waals surface area contributed by atoms with Crippen LogP contribution < -0.4 is 0 Å². The van der Waals surface area contributed by atoms with Crippen molar-refractivity contribution in [1.29, 1.82) is 0 Å². The molecule has 252 valence electrons. The first-order valence-electron chi connectivity index (χ1n) is 16.2. The van der Waals surface area contributed by atoms with Crippen LogP contribution in [0.3, 0.4) is 0 Å². The maximum atomic E-state index is 13.5. The predicted octanol–water partition coefficient (Wildman–Crippen LogP) is 1.58. The molecule has 6 rings (SSSR count). The lowest BCUT2D eigenvalue weighted by Crippen LogP contribution is -2.66. The van der Waals surface area contributed by atoms with Gasteiger partial charge in [-0.05, 0) is 61.7 Å². The van der Waals surface area contributed by atoms with E-state index in [0.717, 1.165) is 17.6 Å². The topological polar surface area (TPSA) is 172 Å². The Kier molecular flexibility index (Phi) is 9.10. The SMILES string of the molecule is COC(=O)[C@H](O[C@H]1O[C@H](CO)[C@@H](O)[C@H](O)[C@H]1OCc1ccccc1)[C@@]1(O)CC[C@H]2[C@@H]3CCC4=CC(=O)C=C[C@]4(C)[C@H]3[C@@H](O)C[C@@]21C. The molecule has 0 amide bonds. The Morgan fingerprint density at radius 2 is 1.85 bits per heavy atom. The molecule has 4 aliphatic carbocycles. The zero-order chi connectivity index (χ0) is 33.0. The van der Waals surface area contributed by atoms with Crippen LogP contribution in [0, 0.1) is 28.6 Å². The van der Waals surface area contributed by atoms with Gasteiger partial charge in [-0.25, -0.2) is 4.79 Å². The van der Waals surface area contributed by atoms with Crippen molar-refractivity contribution in [2.45, 2.75) is 101 Å². The molecule has 3 saturated carbocycles. The van der Waals surface area contributed by atoms with Gasteiger partial charge < -0.3 is 44.5 Å². The fourth-order valence-corrected chi connectivity index (χ4v) is 9.51. The van der Waals surface area contributed by atoms with Gasteiger partial charge in [-0.15, -0.1) is 0 Å². The number of esters is 1. The number of aliphatic hydroxyl groups is 5. The van der Waals surface area contributed by atoms with Crippen LogP contribution in [0.15, 0.2) is 54.1 Å². The van der Waals surface area contributed by atoms with E-state index < -0.39 is 71.9 Å². The average molecular weight is 643 g/mol. The molecule has 1 heterocycles. The zero-order valence-corrected chi connectivity index (χ0v) is 26.5. The predicted molar refractivity (Wildman–Crippen MR) is 163 cm³/mol. The second-order valence-corrected chi connectivity index (χ2v) is 14.2. The molecule has 11 nitrogen and oxygen atoms in total. The lowest BCUT2D eigenvalue weighted by molar-refractivity contribution is -0.336. The molecule has 1 aromatic carbocycles. The van der Waals surface area contributed by atoms with Crippen LogP contribution >= 0.6 is 0 Å². The van der Waals surface area contributed by atoms with Crippen LogP contribution in [0.5, 0.6) is 0 Å². The zero-order valence-electron chi connectivity index (χ0n) is 26.5. The number of allylic oxidation sites excluding steroid dienone is 4. The Labute approximate surface area is 268 Å². The van der Waals surface area contributed by atoms with E-state index in [2.05, 4.69) is 6.92 Å². The summed E-state index contributed by atoms with van der Waals surface area (Å²) < 4.78 is 23.3. The fourth-order valence-electron chi connectivity index (χ4n) is 9.51. The number of hydrogen-bond donors (Lipinski definition) is 5. The van der Waals surface area contributed by atoms with E-state index in [-0.39, 0.29) is 43.0 Å². The van der Waals surface area contributed by atoms with E-state index in [1.54, 1.807) is 12.2 Å². The van der Waals surface area contributed by atoms with E-state index in [1.165, 1.54) is 7.11 Å². The Hall–Kier alpha value is -2.48. The van der Waals surface area contributed by atoms with E-state index in [0.29, 0.717) is 12.8 Å². The number of carbonyl (C=O) groups excluding carboxylic acids is 2. The summed E-state index contributed by atoms with van der Waals surface area (Å²) >= 11 is 0. The number of methoxy groups -OCH3 is 1. The van der Waals surface area contributed by atoms with Gasteiger partial charge in [0.05, 0.1) is 26.4 Å². The Bertz CT molecular complexity index is 1360. The highest BCUT2D eigenvalue weighted by molar-refractivity contribution is 6.01. The molecule has 1 aliphatic heterocycles. The van der Waals surface area contributed by atoms with E-state index >= 15 is 0 Å². The van der Waals surface area contributed by atoms with Crippen molar-refractivity contribution < 1.29 is 54.1 Å². The van der Waals surface area contributed by atoms with Gasteiger partial charge >= 0.3 is 5.97 Å².